The lowest BCUT2D eigenvalue weighted by molar-refractivity contribution is 0.192. The van der Waals surface area contributed by atoms with Gasteiger partial charge in [0.25, 0.3) is 0 Å². The summed E-state index contributed by atoms with van der Waals surface area (Å²) in [4.78, 5) is 1.21. The van der Waals surface area contributed by atoms with Gasteiger partial charge in [-0.1, -0.05) is 20.8 Å². The zero-order chi connectivity index (χ0) is 14.0. The van der Waals surface area contributed by atoms with Crippen LogP contribution < -0.4 is 0 Å². The molecule has 1 aromatic rings. The van der Waals surface area contributed by atoms with Crippen LogP contribution in [0.2, 0.25) is 18.1 Å². The molecule has 0 N–H and O–H groups in total. The van der Waals surface area contributed by atoms with E-state index in [4.69, 9.17) is 10.8 Å². The monoisotopic (exact) mass is 344 g/mol. The summed E-state index contributed by atoms with van der Waals surface area (Å²) >= 11 is 5.20. The first-order chi connectivity index (χ1) is 8.17. The van der Waals surface area contributed by atoms with Gasteiger partial charge in [-0.3, -0.25) is 0 Å². The van der Waals surface area contributed by atoms with Gasteiger partial charge < -0.3 is 4.43 Å². The summed E-state index contributed by atoms with van der Waals surface area (Å²) in [6.45, 7) is 11.3. The van der Waals surface area contributed by atoms with E-state index in [2.05, 4.69) is 67.8 Å². The van der Waals surface area contributed by atoms with Crippen molar-refractivity contribution >= 4 is 35.6 Å². The molecule has 0 amide bonds. The molecule has 1 heterocycles. The summed E-state index contributed by atoms with van der Waals surface area (Å²) in [6, 6.07) is 4.16. The Labute approximate surface area is 124 Å². The van der Waals surface area contributed by atoms with E-state index in [1.165, 1.54) is 4.88 Å². The molecule has 0 bridgehead atoms. The Morgan fingerprint density at radius 1 is 1.44 bits per heavy atom. The van der Waals surface area contributed by atoms with E-state index in [9.17, 15) is 0 Å². The molecule has 18 heavy (non-hydrogen) atoms. The van der Waals surface area contributed by atoms with Crippen LogP contribution in [-0.4, -0.2) is 8.32 Å². The molecular weight excluding hydrogens is 324 g/mol. The van der Waals surface area contributed by atoms with Crippen LogP contribution in [0.3, 0.4) is 0 Å². The maximum absolute atomic E-state index is 6.43. The van der Waals surface area contributed by atoms with Crippen LogP contribution in [-0.2, 0) is 4.43 Å². The van der Waals surface area contributed by atoms with Crippen molar-refractivity contribution in [3.05, 3.63) is 20.8 Å². The average molecular weight is 345 g/mol. The molecule has 4 heteroatoms. The second-order valence-electron chi connectivity index (χ2n) is 5.92. The van der Waals surface area contributed by atoms with E-state index >= 15 is 0 Å². The van der Waals surface area contributed by atoms with Gasteiger partial charge in [-0.2, -0.15) is 0 Å². The number of thiophene rings is 1. The molecule has 0 aliphatic heterocycles. The van der Waals surface area contributed by atoms with Crippen LogP contribution in [0.4, 0.5) is 0 Å². The predicted octanol–water partition coefficient (Wildman–Crippen LogP) is 5.60. The highest BCUT2D eigenvalue weighted by molar-refractivity contribution is 9.11. The molecule has 0 aliphatic carbocycles. The van der Waals surface area contributed by atoms with Crippen LogP contribution in [0.1, 0.15) is 38.2 Å². The van der Waals surface area contributed by atoms with E-state index in [0.717, 1.165) is 3.79 Å². The van der Waals surface area contributed by atoms with E-state index in [1.54, 1.807) is 11.3 Å². The first kappa shape index (κ1) is 16.0. The third-order valence-corrected chi connectivity index (χ3v) is 9.66. The summed E-state index contributed by atoms with van der Waals surface area (Å²) in [6.07, 6.45) is 6.15. The van der Waals surface area contributed by atoms with Crippen LogP contribution in [0.15, 0.2) is 15.9 Å². The lowest BCUT2D eigenvalue weighted by atomic mass is 10.2. The zero-order valence-corrected chi connectivity index (χ0v) is 15.1. The Bertz CT molecular complexity index is 439. The van der Waals surface area contributed by atoms with Crippen molar-refractivity contribution < 1.29 is 4.43 Å². The number of terminal acetylenes is 1. The third-order valence-electron chi connectivity index (χ3n) is 3.46. The fraction of sp³-hybridized carbons (Fsp3) is 0.571. The Balaban J connectivity index is 2.92. The molecule has 0 saturated heterocycles. The fourth-order valence-corrected chi connectivity index (χ4v) is 4.15. The van der Waals surface area contributed by atoms with Gasteiger partial charge in [0.2, 0.25) is 0 Å². The topological polar surface area (TPSA) is 9.23 Å². The largest absolute Gasteiger partial charge is 0.408 e. The van der Waals surface area contributed by atoms with Crippen molar-refractivity contribution in [3.63, 3.8) is 0 Å². The molecule has 0 spiro atoms. The summed E-state index contributed by atoms with van der Waals surface area (Å²) in [5, 5.41) is 0.203. The molecule has 1 unspecified atom stereocenters. The number of hydrogen-bond acceptors (Lipinski definition) is 2. The minimum atomic E-state index is -1.78. The van der Waals surface area contributed by atoms with Crippen molar-refractivity contribution in [2.45, 2.75) is 51.4 Å². The average Bonchev–Trinajstić information content (AvgIpc) is 2.62. The molecular formula is C14H21BrOSSi. The predicted molar refractivity (Wildman–Crippen MR) is 86.5 cm³/mol. The molecule has 1 aromatic heterocycles. The van der Waals surface area contributed by atoms with Crippen molar-refractivity contribution in [2.75, 3.05) is 0 Å². The maximum atomic E-state index is 6.43. The highest BCUT2D eigenvalue weighted by Crippen LogP contribution is 2.41. The Morgan fingerprint density at radius 2 is 2.06 bits per heavy atom. The molecule has 1 rings (SSSR count). The molecule has 0 saturated carbocycles. The van der Waals surface area contributed by atoms with Gasteiger partial charge in [0.15, 0.2) is 8.32 Å². The highest BCUT2D eigenvalue weighted by atomic mass is 79.9. The summed E-state index contributed by atoms with van der Waals surface area (Å²) in [7, 11) is -1.78. The van der Waals surface area contributed by atoms with Crippen LogP contribution in [0.25, 0.3) is 0 Å². The molecule has 0 aliphatic rings. The second-order valence-corrected chi connectivity index (χ2v) is 13.2. The minimum absolute atomic E-state index is 0.0344. The van der Waals surface area contributed by atoms with Crippen LogP contribution >= 0.6 is 27.3 Å². The highest BCUT2D eigenvalue weighted by Gasteiger charge is 2.39. The first-order valence-corrected chi connectivity index (χ1v) is 10.6. The van der Waals surface area contributed by atoms with Gasteiger partial charge in [-0.15, -0.1) is 23.7 Å². The zero-order valence-electron chi connectivity index (χ0n) is 11.7. The van der Waals surface area contributed by atoms with Crippen molar-refractivity contribution in [1.82, 2.24) is 0 Å². The fourth-order valence-electron chi connectivity index (χ4n) is 1.34. The van der Waals surface area contributed by atoms with Crippen molar-refractivity contribution in [1.29, 1.82) is 0 Å². The van der Waals surface area contributed by atoms with E-state index in [1.807, 2.05) is 0 Å². The molecule has 0 fully saturated rings. The first-order valence-electron chi connectivity index (χ1n) is 6.04. The Hall–Kier alpha value is -0.0831. The number of rotatable bonds is 4. The molecule has 0 aromatic carbocycles. The van der Waals surface area contributed by atoms with Gasteiger partial charge >= 0.3 is 0 Å². The van der Waals surface area contributed by atoms with E-state index in [-0.39, 0.29) is 11.1 Å². The summed E-state index contributed by atoms with van der Waals surface area (Å²) in [5.74, 6) is 2.74. The SMILES string of the molecule is C#CCC(O[Si](C)(C)C(C)(C)C)c1ccc(Br)s1. The van der Waals surface area contributed by atoms with E-state index < -0.39 is 8.32 Å². The molecule has 1 atom stereocenters. The molecule has 100 valence electrons. The quantitative estimate of drug-likeness (QED) is 0.510. The lowest BCUT2D eigenvalue weighted by Crippen LogP contribution is -2.41. The van der Waals surface area contributed by atoms with Gasteiger partial charge in [-0.25, -0.2) is 0 Å². The minimum Gasteiger partial charge on any atom is -0.408 e. The van der Waals surface area contributed by atoms with Crippen molar-refractivity contribution in [2.24, 2.45) is 0 Å². The molecule has 0 radical (unpaired) electrons. The Morgan fingerprint density at radius 3 is 2.44 bits per heavy atom. The molecule has 1 nitrogen and oxygen atoms in total. The number of halogens is 1. The van der Waals surface area contributed by atoms with E-state index in [0.29, 0.717) is 6.42 Å². The van der Waals surface area contributed by atoms with Crippen molar-refractivity contribution in [3.8, 4) is 12.3 Å². The summed E-state index contributed by atoms with van der Waals surface area (Å²) < 4.78 is 7.55. The maximum Gasteiger partial charge on any atom is 0.192 e. The smallest absolute Gasteiger partial charge is 0.192 e. The summed E-state index contributed by atoms with van der Waals surface area (Å²) in [5.41, 5.74) is 0. The van der Waals surface area contributed by atoms with Gasteiger partial charge in [-0.05, 0) is 46.2 Å². The lowest BCUT2D eigenvalue weighted by Gasteiger charge is -2.38. The van der Waals surface area contributed by atoms with Crippen LogP contribution in [0.5, 0.6) is 0 Å². The number of hydrogen-bond donors (Lipinski definition) is 0. The van der Waals surface area contributed by atoms with Gasteiger partial charge in [0, 0.05) is 11.3 Å². The van der Waals surface area contributed by atoms with Gasteiger partial charge in [0.1, 0.15) is 0 Å². The standard InChI is InChI=1S/C14H21BrOSSi/c1-7-8-11(12-9-10-13(15)17-12)16-18(5,6)14(2,3)4/h1,9-11H,8H2,2-6H3. The normalized spacial score (nSPS) is 14.3. The van der Waals surface area contributed by atoms with Crippen LogP contribution in [0, 0.1) is 12.3 Å². The van der Waals surface area contributed by atoms with Gasteiger partial charge in [0.05, 0.1) is 9.89 Å². The third kappa shape index (κ3) is 3.96. The second kappa shape index (κ2) is 5.92. The Kier molecular flexibility index (Phi) is 5.25.